The Morgan fingerprint density at radius 1 is 1.58 bits per heavy atom. The van der Waals surface area contributed by atoms with Gasteiger partial charge in [0.05, 0.1) is 0 Å². The van der Waals surface area contributed by atoms with Gasteiger partial charge < -0.3 is 15.6 Å². The monoisotopic (exact) mass is 175 g/mol. The van der Waals surface area contributed by atoms with Crippen LogP contribution in [0, 0.1) is 5.92 Å². The van der Waals surface area contributed by atoms with E-state index in [0.717, 1.165) is 0 Å². The highest BCUT2D eigenvalue weighted by Gasteiger charge is 2.10. The number of aliphatic carboxylic acids is 1. The molecule has 0 aromatic carbocycles. The molecule has 0 radical (unpaired) electrons. The van der Waals surface area contributed by atoms with Crippen molar-refractivity contribution in [1.29, 1.82) is 0 Å². The molecular formula is C8H17NO3. The zero-order valence-electron chi connectivity index (χ0n) is 7.62. The number of hydrogen-bond acceptors (Lipinski definition) is 3. The third-order valence-corrected chi connectivity index (χ3v) is 1.34. The van der Waals surface area contributed by atoms with E-state index >= 15 is 0 Å². The van der Waals surface area contributed by atoms with Gasteiger partial charge in [0.15, 0.2) is 0 Å². The van der Waals surface area contributed by atoms with E-state index in [1.165, 1.54) is 0 Å². The summed E-state index contributed by atoms with van der Waals surface area (Å²) in [6.45, 7) is 5.16. The molecule has 0 spiro atoms. The van der Waals surface area contributed by atoms with Gasteiger partial charge >= 0.3 is 5.97 Å². The number of nitrogens with two attached hydrogens (primary N) is 1. The molecule has 0 aliphatic carbocycles. The fourth-order valence-electron chi connectivity index (χ4n) is 0.653. The Morgan fingerprint density at radius 2 is 2.17 bits per heavy atom. The number of carboxylic acid groups (broad SMARTS) is 1. The van der Waals surface area contributed by atoms with Crippen LogP contribution in [0.2, 0.25) is 0 Å². The highest BCUT2D eigenvalue weighted by Crippen LogP contribution is 1.95. The zero-order chi connectivity index (χ0) is 9.56. The van der Waals surface area contributed by atoms with Crippen LogP contribution in [-0.4, -0.2) is 30.3 Å². The molecule has 0 amide bonds. The van der Waals surface area contributed by atoms with Crippen molar-refractivity contribution < 1.29 is 14.6 Å². The number of hydrogen-bond donors (Lipinski definition) is 2. The van der Waals surface area contributed by atoms with E-state index in [2.05, 4.69) is 0 Å². The highest BCUT2D eigenvalue weighted by atomic mass is 16.5. The molecule has 0 heterocycles. The van der Waals surface area contributed by atoms with Crippen LogP contribution in [0.5, 0.6) is 0 Å². The average Bonchev–Trinajstić information content (AvgIpc) is 1.97. The van der Waals surface area contributed by atoms with Crippen LogP contribution in [0.15, 0.2) is 0 Å². The molecule has 0 aromatic rings. The normalized spacial score (nSPS) is 13.3. The average molecular weight is 175 g/mol. The summed E-state index contributed by atoms with van der Waals surface area (Å²) in [5.41, 5.74) is 5.25. The standard InChI is InChI=1S/C8H17NO3/c1-6(2)5-12-4-3-7(9)8(10)11/h6-7H,3-5,9H2,1-2H3,(H,10,11)/t7-/m1/s1. The quantitative estimate of drug-likeness (QED) is 0.575. The molecule has 3 N–H and O–H groups in total. The molecule has 0 aromatic heterocycles. The second-order valence-corrected chi connectivity index (χ2v) is 3.20. The molecule has 0 aliphatic rings. The summed E-state index contributed by atoms with van der Waals surface area (Å²) in [5.74, 6) is -0.491. The minimum atomic E-state index is -0.969. The van der Waals surface area contributed by atoms with Crippen molar-refractivity contribution in [1.82, 2.24) is 0 Å². The Bertz CT molecular complexity index is 136. The van der Waals surface area contributed by atoms with Crippen LogP contribution >= 0.6 is 0 Å². The third kappa shape index (κ3) is 6.12. The molecule has 0 saturated heterocycles. The SMILES string of the molecule is CC(C)COCC[C@@H](N)C(=O)O. The Labute approximate surface area is 72.7 Å². The van der Waals surface area contributed by atoms with Crippen LogP contribution < -0.4 is 5.73 Å². The van der Waals surface area contributed by atoms with Crippen molar-refractivity contribution in [3.8, 4) is 0 Å². The summed E-state index contributed by atoms with van der Waals surface area (Å²) in [6.07, 6.45) is 0.377. The second kappa shape index (κ2) is 5.97. The summed E-state index contributed by atoms with van der Waals surface area (Å²) in [5, 5.41) is 8.41. The molecule has 0 saturated carbocycles. The maximum atomic E-state index is 10.2. The Balaban J connectivity index is 3.25. The molecule has 72 valence electrons. The summed E-state index contributed by atoms with van der Waals surface area (Å²) < 4.78 is 5.17. The highest BCUT2D eigenvalue weighted by molar-refractivity contribution is 5.72. The van der Waals surface area contributed by atoms with E-state index in [9.17, 15) is 4.79 Å². The van der Waals surface area contributed by atoms with Crippen LogP contribution in [-0.2, 0) is 9.53 Å². The summed E-state index contributed by atoms with van der Waals surface area (Å²) in [4.78, 5) is 10.2. The molecule has 1 atom stereocenters. The maximum Gasteiger partial charge on any atom is 0.320 e. The summed E-state index contributed by atoms with van der Waals surface area (Å²) >= 11 is 0. The van der Waals surface area contributed by atoms with Gasteiger partial charge in [-0.05, 0) is 12.3 Å². The molecule has 0 unspecified atom stereocenters. The Kier molecular flexibility index (Phi) is 5.66. The minimum absolute atomic E-state index is 0.377. The number of carbonyl (C=O) groups is 1. The predicted octanol–water partition coefficient (Wildman–Crippen LogP) is 0.461. The lowest BCUT2D eigenvalue weighted by Gasteiger charge is -2.08. The molecule has 12 heavy (non-hydrogen) atoms. The molecule has 4 nitrogen and oxygen atoms in total. The van der Waals surface area contributed by atoms with Gasteiger partial charge in [-0.25, -0.2) is 0 Å². The van der Waals surface area contributed by atoms with E-state index in [1.54, 1.807) is 0 Å². The van der Waals surface area contributed by atoms with Gasteiger partial charge in [-0.1, -0.05) is 13.8 Å². The van der Waals surface area contributed by atoms with Crippen molar-refractivity contribution in [3.05, 3.63) is 0 Å². The van der Waals surface area contributed by atoms with Crippen molar-refractivity contribution in [2.75, 3.05) is 13.2 Å². The lowest BCUT2D eigenvalue weighted by Crippen LogP contribution is -2.31. The van der Waals surface area contributed by atoms with E-state index < -0.39 is 12.0 Å². The van der Waals surface area contributed by atoms with Gasteiger partial charge in [0, 0.05) is 13.2 Å². The first-order chi connectivity index (χ1) is 5.54. The molecule has 0 rings (SSSR count). The van der Waals surface area contributed by atoms with E-state index in [1.807, 2.05) is 13.8 Å². The molecule has 0 aliphatic heterocycles. The number of ether oxygens (including phenoxy) is 1. The van der Waals surface area contributed by atoms with Crippen LogP contribution in [0.25, 0.3) is 0 Å². The maximum absolute atomic E-state index is 10.2. The largest absolute Gasteiger partial charge is 0.480 e. The fraction of sp³-hybridized carbons (Fsp3) is 0.875. The van der Waals surface area contributed by atoms with Crippen molar-refractivity contribution >= 4 is 5.97 Å². The topological polar surface area (TPSA) is 72.5 Å². The predicted molar refractivity (Wildman–Crippen MR) is 45.9 cm³/mol. The molecule has 4 heteroatoms. The van der Waals surface area contributed by atoms with Gasteiger partial charge in [0.2, 0.25) is 0 Å². The first-order valence-corrected chi connectivity index (χ1v) is 4.10. The number of carboxylic acids is 1. The Hall–Kier alpha value is -0.610. The van der Waals surface area contributed by atoms with E-state index in [0.29, 0.717) is 25.6 Å². The lowest BCUT2D eigenvalue weighted by molar-refractivity contribution is -0.139. The van der Waals surface area contributed by atoms with Gasteiger partial charge in [0.1, 0.15) is 6.04 Å². The summed E-state index contributed by atoms with van der Waals surface area (Å²) in [6, 6.07) is -0.794. The van der Waals surface area contributed by atoms with Gasteiger partial charge in [-0.15, -0.1) is 0 Å². The second-order valence-electron chi connectivity index (χ2n) is 3.20. The van der Waals surface area contributed by atoms with Crippen LogP contribution in [0.4, 0.5) is 0 Å². The van der Waals surface area contributed by atoms with E-state index in [4.69, 9.17) is 15.6 Å². The summed E-state index contributed by atoms with van der Waals surface area (Å²) in [7, 11) is 0. The van der Waals surface area contributed by atoms with Gasteiger partial charge in [-0.3, -0.25) is 4.79 Å². The molecular weight excluding hydrogens is 158 g/mol. The van der Waals surface area contributed by atoms with Crippen molar-refractivity contribution in [2.45, 2.75) is 26.3 Å². The first kappa shape index (κ1) is 11.4. The van der Waals surface area contributed by atoms with Crippen molar-refractivity contribution in [2.24, 2.45) is 11.7 Å². The van der Waals surface area contributed by atoms with Crippen LogP contribution in [0.1, 0.15) is 20.3 Å². The van der Waals surface area contributed by atoms with Gasteiger partial charge in [-0.2, -0.15) is 0 Å². The Morgan fingerprint density at radius 3 is 2.58 bits per heavy atom. The number of rotatable bonds is 6. The van der Waals surface area contributed by atoms with Crippen molar-refractivity contribution in [3.63, 3.8) is 0 Å². The first-order valence-electron chi connectivity index (χ1n) is 4.10. The van der Waals surface area contributed by atoms with Gasteiger partial charge in [0.25, 0.3) is 0 Å². The smallest absolute Gasteiger partial charge is 0.320 e. The lowest BCUT2D eigenvalue weighted by atomic mass is 10.2. The van der Waals surface area contributed by atoms with E-state index in [-0.39, 0.29) is 0 Å². The third-order valence-electron chi connectivity index (χ3n) is 1.34. The zero-order valence-corrected chi connectivity index (χ0v) is 7.62. The molecule has 0 fully saturated rings. The minimum Gasteiger partial charge on any atom is -0.480 e. The van der Waals surface area contributed by atoms with Crippen LogP contribution in [0.3, 0.4) is 0 Å². The fourth-order valence-corrected chi connectivity index (χ4v) is 0.653. The molecule has 0 bridgehead atoms.